The van der Waals surface area contributed by atoms with Gasteiger partial charge in [-0.1, -0.05) is 281 Å². The van der Waals surface area contributed by atoms with Crippen LogP contribution >= 0.6 is 0 Å². The molecule has 72 heavy (non-hydrogen) atoms. The van der Waals surface area contributed by atoms with Crippen LogP contribution in [0.2, 0.25) is 0 Å². The summed E-state index contributed by atoms with van der Waals surface area (Å²) in [4.78, 5) is 38.2. The molecule has 0 fully saturated rings. The number of carbonyl (C=O) groups excluding carboxylic acids is 3. The highest BCUT2D eigenvalue weighted by molar-refractivity contribution is 5.71. The van der Waals surface area contributed by atoms with E-state index in [4.69, 9.17) is 14.2 Å². The first-order valence-electron chi connectivity index (χ1n) is 31.3. The molecule has 0 bridgehead atoms. The minimum absolute atomic E-state index is 0.0778. The van der Waals surface area contributed by atoms with E-state index in [2.05, 4.69) is 81.5 Å². The van der Waals surface area contributed by atoms with Crippen molar-refractivity contribution in [3.05, 3.63) is 60.8 Å². The Morgan fingerprint density at radius 1 is 0.292 bits per heavy atom. The standard InChI is InChI=1S/C66H118O6/c1-4-7-10-13-16-19-22-25-27-28-29-30-31-32-33-34-35-36-37-38-40-41-44-47-50-53-56-59-65(68)71-62-63(61-70-64(67)58-55-52-49-46-43-24-21-18-15-12-9-6-3)72-66(69)60-57-54-51-48-45-42-39-26-23-20-17-14-11-8-5-2/h8,11,17,20,22,25-26,28-29,39,63H,4-7,9-10,12-16,18-19,21,23-24,27,30-38,40-62H2,1-3H3/b11-8-,20-17-,25-22-,29-28-,39-26-. The number of ether oxygens (including phenoxy) is 3. The lowest BCUT2D eigenvalue weighted by Crippen LogP contribution is -2.30. The van der Waals surface area contributed by atoms with Crippen LogP contribution < -0.4 is 0 Å². The van der Waals surface area contributed by atoms with Gasteiger partial charge in [0.25, 0.3) is 0 Å². The van der Waals surface area contributed by atoms with E-state index in [0.717, 1.165) is 103 Å². The molecule has 0 spiro atoms. The van der Waals surface area contributed by atoms with Crippen molar-refractivity contribution >= 4 is 17.9 Å². The summed E-state index contributed by atoms with van der Waals surface area (Å²) in [6, 6.07) is 0. The molecule has 0 saturated carbocycles. The Balaban J connectivity index is 4.21. The first kappa shape index (κ1) is 69.1. The fourth-order valence-electron chi connectivity index (χ4n) is 9.08. The van der Waals surface area contributed by atoms with E-state index in [0.29, 0.717) is 19.3 Å². The quantitative estimate of drug-likeness (QED) is 0.0261. The highest BCUT2D eigenvalue weighted by Gasteiger charge is 2.19. The predicted octanol–water partition coefficient (Wildman–Crippen LogP) is 21.2. The van der Waals surface area contributed by atoms with Gasteiger partial charge in [0.15, 0.2) is 6.10 Å². The van der Waals surface area contributed by atoms with Crippen LogP contribution in [-0.4, -0.2) is 37.2 Å². The van der Waals surface area contributed by atoms with Crippen LogP contribution in [0.1, 0.15) is 323 Å². The minimum atomic E-state index is -0.781. The van der Waals surface area contributed by atoms with Crippen molar-refractivity contribution in [1.29, 1.82) is 0 Å². The topological polar surface area (TPSA) is 78.9 Å². The van der Waals surface area contributed by atoms with Gasteiger partial charge in [-0.15, -0.1) is 0 Å². The van der Waals surface area contributed by atoms with Crippen molar-refractivity contribution in [2.75, 3.05) is 13.2 Å². The van der Waals surface area contributed by atoms with E-state index in [1.807, 2.05) is 0 Å². The Hall–Kier alpha value is -2.89. The average molecular weight is 1010 g/mol. The number of carbonyl (C=O) groups is 3. The Kier molecular flexibility index (Phi) is 58.2. The van der Waals surface area contributed by atoms with Crippen molar-refractivity contribution in [3.63, 3.8) is 0 Å². The monoisotopic (exact) mass is 1010 g/mol. The lowest BCUT2D eigenvalue weighted by Gasteiger charge is -2.18. The van der Waals surface area contributed by atoms with E-state index in [-0.39, 0.29) is 31.1 Å². The van der Waals surface area contributed by atoms with E-state index in [1.54, 1.807) is 0 Å². The Labute approximate surface area is 447 Å². The highest BCUT2D eigenvalue weighted by Crippen LogP contribution is 2.17. The average Bonchev–Trinajstić information content (AvgIpc) is 3.38. The van der Waals surface area contributed by atoms with Gasteiger partial charge in [-0.05, 0) is 83.5 Å². The maximum atomic E-state index is 12.9. The number of rotatable bonds is 57. The number of esters is 3. The van der Waals surface area contributed by atoms with Gasteiger partial charge in [0.05, 0.1) is 0 Å². The second-order valence-electron chi connectivity index (χ2n) is 20.9. The summed E-state index contributed by atoms with van der Waals surface area (Å²) in [6.07, 6.45) is 76.6. The molecule has 0 aliphatic heterocycles. The van der Waals surface area contributed by atoms with Gasteiger partial charge in [-0.2, -0.15) is 0 Å². The summed E-state index contributed by atoms with van der Waals surface area (Å²) in [5.74, 6) is -0.880. The zero-order valence-electron chi connectivity index (χ0n) is 47.9. The second kappa shape index (κ2) is 60.7. The molecule has 0 aliphatic rings. The smallest absolute Gasteiger partial charge is 0.306 e. The maximum Gasteiger partial charge on any atom is 0.306 e. The molecule has 0 saturated heterocycles. The lowest BCUT2D eigenvalue weighted by molar-refractivity contribution is -0.167. The van der Waals surface area contributed by atoms with E-state index in [9.17, 15) is 14.4 Å². The lowest BCUT2D eigenvalue weighted by atomic mass is 10.0. The zero-order chi connectivity index (χ0) is 52.2. The fraction of sp³-hybridized carbons (Fsp3) is 0.803. The molecule has 0 aromatic carbocycles. The molecular formula is C66H118O6. The summed E-state index contributed by atoms with van der Waals surface area (Å²) in [6.45, 7) is 6.54. The number of hydrogen-bond acceptors (Lipinski definition) is 6. The summed E-state index contributed by atoms with van der Waals surface area (Å²) >= 11 is 0. The second-order valence-corrected chi connectivity index (χ2v) is 20.9. The molecule has 0 aromatic rings. The van der Waals surface area contributed by atoms with Gasteiger partial charge in [-0.25, -0.2) is 0 Å². The molecule has 0 radical (unpaired) electrons. The summed E-state index contributed by atoms with van der Waals surface area (Å²) < 4.78 is 16.9. The molecule has 0 rings (SSSR count). The van der Waals surface area contributed by atoms with Gasteiger partial charge in [0.1, 0.15) is 13.2 Å². The first-order chi connectivity index (χ1) is 35.5. The van der Waals surface area contributed by atoms with Crippen molar-refractivity contribution in [1.82, 2.24) is 0 Å². The number of hydrogen-bond donors (Lipinski definition) is 0. The van der Waals surface area contributed by atoms with Gasteiger partial charge in [0, 0.05) is 19.3 Å². The predicted molar refractivity (Wildman–Crippen MR) is 312 cm³/mol. The Bertz CT molecular complexity index is 1290. The van der Waals surface area contributed by atoms with Gasteiger partial charge in [-0.3, -0.25) is 14.4 Å². The molecule has 6 nitrogen and oxygen atoms in total. The third-order valence-electron chi connectivity index (χ3n) is 13.8. The summed E-state index contributed by atoms with van der Waals surface area (Å²) in [5.41, 5.74) is 0. The van der Waals surface area contributed by atoms with E-state index >= 15 is 0 Å². The van der Waals surface area contributed by atoms with Crippen LogP contribution in [0, 0.1) is 0 Å². The number of allylic oxidation sites excluding steroid dienone is 10. The van der Waals surface area contributed by atoms with Crippen molar-refractivity contribution in [2.45, 2.75) is 329 Å². The zero-order valence-corrected chi connectivity index (χ0v) is 47.9. The molecule has 0 amide bonds. The molecule has 6 heteroatoms. The van der Waals surface area contributed by atoms with Crippen LogP contribution in [0.4, 0.5) is 0 Å². The SMILES string of the molecule is CC/C=C\C/C=C\C/C=C\CCCCCCCC(=O)OC(COC(=O)CCCCCCCCCCCCCC)COC(=O)CCCCCCCCCCCCCCCCC/C=C\C/C=C\CCCCCCC. The third-order valence-corrected chi connectivity index (χ3v) is 13.8. The Morgan fingerprint density at radius 3 is 0.847 bits per heavy atom. The summed E-state index contributed by atoms with van der Waals surface area (Å²) in [5, 5.41) is 0. The molecule has 1 unspecified atom stereocenters. The third kappa shape index (κ3) is 58.0. The van der Waals surface area contributed by atoms with Crippen LogP contribution in [-0.2, 0) is 28.6 Å². The van der Waals surface area contributed by atoms with Crippen LogP contribution in [0.3, 0.4) is 0 Å². The van der Waals surface area contributed by atoms with Crippen LogP contribution in [0.25, 0.3) is 0 Å². The van der Waals surface area contributed by atoms with Gasteiger partial charge in [0.2, 0.25) is 0 Å². The molecule has 0 aliphatic carbocycles. The molecule has 0 N–H and O–H groups in total. The van der Waals surface area contributed by atoms with Gasteiger partial charge >= 0.3 is 17.9 Å². The summed E-state index contributed by atoms with van der Waals surface area (Å²) in [7, 11) is 0. The molecule has 1 atom stereocenters. The van der Waals surface area contributed by atoms with E-state index in [1.165, 1.54) is 180 Å². The fourth-order valence-corrected chi connectivity index (χ4v) is 9.08. The minimum Gasteiger partial charge on any atom is -0.462 e. The highest BCUT2D eigenvalue weighted by atomic mass is 16.6. The van der Waals surface area contributed by atoms with Crippen LogP contribution in [0.5, 0.6) is 0 Å². The Morgan fingerprint density at radius 2 is 0.542 bits per heavy atom. The molecule has 0 heterocycles. The molecule has 0 aromatic heterocycles. The van der Waals surface area contributed by atoms with Crippen molar-refractivity contribution in [3.8, 4) is 0 Å². The maximum absolute atomic E-state index is 12.9. The molecular weight excluding hydrogens is 889 g/mol. The number of unbranched alkanes of at least 4 members (excludes halogenated alkanes) is 36. The van der Waals surface area contributed by atoms with Gasteiger partial charge < -0.3 is 14.2 Å². The van der Waals surface area contributed by atoms with Crippen molar-refractivity contribution in [2.24, 2.45) is 0 Å². The first-order valence-corrected chi connectivity index (χ1v) is 31.3. The largest absolute Gasteiger partial charge is 0.462 e. The normalized spacial score (nSPS) is 12.4. The molecule has 418 valence electrons. The van der Waals surface area contributed by atoms with E-state index < -0.39 is 6.10 Å². The van der Waals surface area contributed by atoms with Crippen LogP contribution in [0.15, 0.2) is 60.8 Å². The van der Waals surface area contributed by atoms with Crippen molar-refractivity contribution < 1.29 is 28.6 Å².